The molecule has 92 valence electrons. The van der Waals surface area contributed by atoms with Crippen LogP contribution in [0.5, 0.6) is 0 Å². The van der Waals surface area contributed by atoms with E-state index in [0.29, 0.717) is 0 Å². The van der Waals surface area contributed by atoms with Gasteiger partial charge in [-0.2, -0.15) is 0 Å². The number of carboxylic acids is 1. The average Bonchev–Trinajstić information content (AvgIpc) is 2.83. The minimum absolute atomic E-state index is 0.148. The van der Waals surface area contributed by atoms with Crippen LogP contribution in [0.4, 0.5) is 4.79 Å². The van der Waals surface area contributed by atoms with Gasteiger partial charge < -0.3 is 15.2 Å². The molecular weight excluding hydrogens is 210 g/mol. The van der Waals surface area contributed by atoms with Gasteiger partial charge in [0.05, 0.1) is 5.92 Å². The average molecular weight is 229 g/mol. The molecule has 1 rings (SSSR count). The highest BCUT2D eigenvalue weighted by atomic mass is 16.6. The van der Waals surface area contributed by atoms with Crippen LogP contribution in [0.25, 0.3) is 0 Å². The molecule has 2 N–H and O–H groups in total. The third kappa shape index (κ3) is 4.51. The fourth-order valence-corrected chi connectivity index (χ4v) is 1.46. The number of hydrogen-bond acceptors (Lipinski definition) is 3. The second-order valence-electron chi connectivity index (χ2n) is 5.16. The molecule has 16 heavy (non-hydrogen) atoms. The Hall–Kier alpha value is -1.26. The lowest BCUT2D eigenvalue weighted by molar-refractivity contribution is -0.142. The Morgan fingerprint density at radius 1 is 1.44 bits per heavy atom. The number of rotatable bonds is 4. The van der Waals surface area contributed by atoms with Gasteiger partial charge in [0.1, 0.15) is 5.60 Å². The Labute approximate surface area is 95.2 Å². The van der Waals surface area contributed by atoms with Crippen molar-refractivity contribution < 1.29 is 19.4 Å². The van der Waals surface area contributed by atoms with Crippen LogP contribution in [-0.2, 0) is 9.53 Å². The first-order chi connectivity index (χ1) is 7.29. The van der Waals surface area contributed by atoms with Gasteiger partial charge in [-0.15, -0.1) is 0 Å². The Kier molecular flexibility index (Phi) is 3.78. The van der Waals surface area contributed by atoms with Crippen molar-refractivity contribution in [2.45, 2.75) is 39.2 Å². The molecule has 0 aromatic rings. The van der Waals surface area contributed by atoms with Gasteiger partial charge in [-0.05, 0) is 39.5 Å². The van der Waals surface area contributed by atoms with E-state index in [-0.39, 0.29) is 12.5 Å². The van der Waals surface area contributed by atoms with Crippen molar-refractivity contribution in [3.05, 3.63) is 0 Å². The van der Waals surface area contributed by atoms with Crippen LogP contribution in [0.2, 0.25) is 0 Å². The summed E-state index contributed by atoms with van der Waals surface area (Å²) in [7, 11) is 0. The number of alkyl carbamates (subject to hydrolysis) is 1. The monoisotopic (exact) mass is 229 g/mol. The summed E-state index contributed by atoms with van der Waals surface area (Å²) in [4.78, 5) is 22.2. The standard InChI is InChI=1S/C11H19NO4/c1-11(2,3)16-10(15)12-6-8(9(13)14)7-4-5-7/h7-8H,4-6H2,1-3H3,(H,12,15)(H,13,14)/t8-/m0/s1. The third-order valence-electron chi connectivity index (χ3n) is 2.37. The molecule has 0 radical (unpaired) electrons. The maximum atomic E-state index is 11.3. The number of carbonyl (C=O) groups is 2. The first-order valence-electron chi connectivity index (χ1n) is 5.49. The summed E-state index contributed by atoms with van der Waals surface area (Å²) in [5.41, 5.74) is -0.553. The van der Waals surface area contributed by atoms with Gasteiger partial charge in [0.2, 0.25) is 0 Å². The highest BCUT2D eigenvalue weighted by Crippen LogP contribution is 2.36. The van der Waals surface area contributed by atoms with Crippen LogP contribution in [0.1, 0.15) is 33.6 Å². The number of aliphatic carboxylic acids is 1. The molecule has 5 heteroatoms. The minimum atomic E-state index is -0.849. The third-order valence-corrected chi connectivity index (χ3v) is 2.37. The maximum absolute atomic E-state index is 11.3. The molecule has 0 saturated heterocycles. The molecule has 1 atom stereocenters. The maximum Gasteiger partial charge on any atom is 0.407 e. The molecule has 1 amide bonds. The van der Waals surface area contributed by atoms with E-state index in [4.69, 9.17) is 9.84 Å². The van der Waals surface area contributed by atoms with Crippen molar-refractivity contribution in [3.8, 4) is 0 Å². The van der Waals surface area contributed by atoms with E-state index in [1.165, 1.54) is 0 Å². The van der Waals surface area contributed by atoms with Crippen molar-refractivity contribution in [2.75, 3.05) is 6.54 Å². The Bertz CT molecular complexity index is 278. The quantitative estimate of drug-likeness (QED) is 0.768. The van der Waals surface area contributed by atoms with E-state index >= 15 is 0 Å². The van der Waals surface area contributed by atoms with E-state index < -0.39 is 23.6 Å². The second kappa shape index (κ2) is 4.72. The van der Waals surface area contributed by atoms with E-state index in [2.05, 4.69) is 5.32 Å². The van der Waals surface area contributed by atoms with Gasteiger partial charge in [0.15, 0.2) is 0 Å². The highest BCUT2D eigenvalue weighted by molar-refractivity contribution is 5.73. The lowest BCUT2D eigenvalue weighted by Gasteiger charge is -2.20. The van der Waals surface area contributed by atoms with Crippen LogP contribution in [0, 0.1) is 11.8 Å². The predicted molar refractivity (Wildman–Crippen MR) is 58.1 cm³/mol. The number of amides is 1. The molecule has 0 unspecified atom stereocenters. The Morgan fingerprint density at radius 3 is 2.38 bits per heavy atom. The van der Waals surface area contributed by atoms with Gasteiger partial charge in [-0.3, -0.25) is 4.79 Å². The van der Waals surface area contributed by atoms with Gasteiger partial charge in [-0.1, -0.05) is 0 Å². The normalized spacial score (nSPS) is 17.7. The van der Waals surface area contributed by atoms with Crippen molar-refractivity contribution in [3.63, 3.8) is 0 Å². The molecule has 0 aromatic heterocycles. The van der Waals surface area contributed by atoms with Gasteiger partial charge in [-0.25, -0.2) is 4.79 Å². The topological polar surface area (TPSA) is 75.6 Å². The second-order valence-corrected chi connectivity index (χ2v) is 5.16. The van der Waals surface area contributed by atoms with E-state index in [1.807, 2.05) is 0 Å². The molecule has 5 nitrogen and oxygen atoms in total. The molecule has 1 aliphatic rings. The molecule has 1 saturated carbocycles. The number of carboxylic acid groups (broad SMARTS) is 1. The predicted octanol–water partition coefficient (Wildman–Crippen LogP) is 1.62. The Balaban J connectivity index is 2.32. The van der Waals surface area contributed by atoms with E-state index in [1.54, 1.807) is 20.8 Å². The highest BCUT2D eigenvalue weighted by Gasteiger charge is 2.36. The molecule has 0 heterocycles. The van der Waals surface area contributed by atoms with Crippen LogP contribution in [-0.4, -0.2) is 29.3 Å². The number of carbonyl (C=O) groups excluding carboxylic acids is 1. The summed E-state index contributed by atoms with van der Waals surface area (Å²) < 4.78 is 5.03. The summed E-state index contributed by atoms with van der Waals surface area (Å²) in [5, 5.41) is 11.4. The lowest BCUT2D eigenvalue weighted by Crippen LogP contribution is -2.37. The Morgan fingerprint density at radius 2 is 2.00 bits per heavy atom. The van der Waals surface area contributed by atoms with Crippen molar-refractivity contribution in [1.82, 2.24) is 5.32 Å². The molecular formula is C11H19NO4. The zero-order valence-corrected chi connectivity index (χ0v) is 9.95. The van der Waals surface area contributed by atoms with Crippen molar-refractivity contribution >= 4 is 12.1 Å². The largest absolute Gasteiger partial charge is 0.481 e. The minimum Gasteiger partial charge on any atom is -0.481 e. The zero-order valence-electron chi connectivity index (χ0n) is 9.95. The van der Waals surface area contributed by atoms with Gasteiger partial charge in [0, 0.05) is 6.54 Å². The molecule has 0 bridgehead atoms. The van der Waals surface area contributed by atoms with Crippen molar-refractivity contribution in [2.24, 2.45) is 11.8 Å². The molecule has 1 aliphatic carbocycles. The molecule has 0 aliphatic heterocycles. The molecule has 0 spiro atoms. The van der Waals surface area contributed by atoms with E-state index in [9.17, 15) is 9.59 Å². The number of ether oxygens (including phenoxy) is 1. The van der Waals surface area contributed by atoms with Crippen LogP contribution in [0.3, 0.4) is 0 Å². The van der Waals surface area contributed by atoms with E-state index in [0.717, 1.165) is 12.8 Å². The van der Waals surface area contributed by atoms with Crippen LogP contribution in [0.15, 0.2) is 0 Å². The first-order valence-corrected chi connectivity index (χ1v) is 5.49. The summed E-state index contributed by atoms with van der Waals surface area (Å²) >= 11 is 0. The molecule has 1 fully saturated rings. The zero-order chi connectivity index (χ0) is 12.3. The summed E-state index contributed by atoms with van der Waals surface area (Å²) in [5.74, 6) is -1.11. The fourth-order valence-electron chi connectivity index (χ4n) is 1.46. The van der Waals surface area contributed by atoms with Crippen LogP contribution < -0.4 is 5.32 Å². The van der Waals surface area contributed by atoms with Crippen LogP contribution >= 0.6 is 0 Å². The molecule has 0 aromatic carbocycles. The smallest absolute Gasteiger partial charge is 0.407 e. The number of nitrogens with one attached hydrogen (secondary N) is 1. The van der Waals surface area contributed by atoms with Gasteiger partial charge in [0.25, 0.3) is 0 Å². The first kappa shape index (κ1) is 12.8. The fraction of sp³-hybridized carbons (Fsp3) is 0.818. The summed E-state index contributed by atoms with van der Waals surface area (Å²) in [6.45, 7) is 5.45. The van der Waals surface area contributed by atoms with Crippen molar-refractivity contribution in [1.29, 1.82) is 0 Å². The summed E-state index contributed by atoms with van der Waals surface area (Å²) in [6.07, 6.45) is 1.32. The lowest BCUT2D eigenvalue weighted by atomic mass is 10.0. The SMILES string of the molecule is CC(C)(C)OC(=O)NC[C@H](C(=O)O)C1CC1. The number of hydrogen-bond donors (Lipinski definition) is 2. The summed E-state index contributed by atoms with van der Waals surface area (Å²) in [6, 6.07) is 0. The van der Waals surface area contributed by atoms with Gasteiger partial charge >= 0.3 is 12.1 Å².